The smallest absolute Gasteiger partial charge is 0.304 e. The van der Waals surface area contributed by atoms with Crippen LogP contribution in [0.5, 0.6) is 0 Å². The fourth-order valence-corrected chi connectivity index (χ4v) is 7.61. The Labute approximate surface area is 191 Å². The van der Waals surface area contributed by atoms with Crippen LogP contribution < -0.4 is 10.6 Å². The van der Waals surface area contributed by atoms with Crippen molar-refractivity contribution in [1.82, 2.24) is 15.1 Å². The van der Waals surface area contributed by atoms with Gasteiger partial charge in [-0.3, -0.25) is 4.90 Å². The topological polar surface area (TPSA) is 49.7 Å². The second-order valence-corrected chi connectivity index (χ2v) is 11.3. The molecular formula is C24H27N4OS2. The Hall–Kier alpha value is -1.93. The van der Waals surface area contributed by atoms with E-state index in [0.717, 1.165) is 24.0 Å². The molecule has 3 aliphatic rings. The predicted molar refractivity (Wildman–Crippen MR) is 129 cm³/mol. The number of fused-ring (bicyclic) bond motifs is 2. The predicted octanol–water partition coefficient (Wildman–Crippen LogP) is 5.59. The van der Waals surface area contributed by atoms with E-state index in [0.29, 0.717) is 5.92 Å². The highest BCUT2D eigenvalue weighted by molar-refractivity contribution is 7.37. The van der Waals surface area contributed by atoms with Crippen molar-refractivity contribution in [1.29, 1.82) is 0 Å². The maximum Gasteiger partial charge on any atom is 0.346 e. The lowest BCUT2D eigenvalue weighted by molar-refractivity contribution is 0.0850. The maximum atomic E-state index is 11.5. The van der Waals surface area contributed by atoms with E-state index in [9.17, 15) is 4.79 Å². The number of piperidine rings is 2. The average molecular weight is 452 g/mol. The van der Waals surface area contributed by atoms with E-state index in [1.807, 2.05) is 28.7 Å². The van der Waals surface area contributed by atoms with Crippen LogP contribution in [0.25, 0.3) is 9.40 Å². The first-order chi connectivity index (χ1) is 15.2. The van der Waals surface area contributed by atoms with E-state index >= 15 is 0 Å². The van der Waals surface area contributed by atoms with Crippen LogP contribution in [0.1, 0.15) is 42.0 Å². The van der Waals surface area contributed by atoms with E-state index in [4.69, 9.17) is 0 Å². The zero-order valence-corrected chi connectivity index (χ0v) is 19.2. The third-order valence-electron chi connectivity index (χ3n) is 7.14. The summed E-state index contributed by atoms with van der Waals surface area (Å²) in [4.78, 5) is 18.4. The van der Waals surface area contributed by atoms with Crippen molar-refractivity contribution in [3.05, 3.63) is 46.2 Å². The Bertz CT molecular complexity index is 1060. The summed E-state index contributed by atoms with van der Waals surface area (Å²) in [5.41, 5.74) is 2.99. The van der Waals surface area contributed by atoms with Crippen molar-refractivity contribution < 1.29 is 4.79 Å². The van der Waals surface area contributed by atoms with Crippen LogP contribution in [-0.2, 0) is 6.54 Å². The number of nitrogens with zero attached hydrogens (tertiary/aromatic N) is 3. The third-order valence-corrected chi connectivity index (χ3v) is 9.33. The zero-order valence-electron chi connectivity index (χ0n) is 17.5. The molecule has 1 aromatic carbocycles. The minimum absolute atomic E-state index is 0.243. The average Bonchev–Trinajstić information content (AvgIpc) is 3.48. The molecule has 3 aliphatic heterocycles. The Morgan fingerprint density at radius 3 is 2.68 bits per heavy atom. The Morgan fingerprint density at radius 2 is 1.87 bits per heavy atom. The van der Waals surface area contributed by atoms with Gasteiger partial charge in [0.1, 0.15) is 0 Å². The van der Waals surface area contributed by atoms with Gasteiger partial charge in [-0.25, -0.2) is 4.79 Å². The largest absolute Gasteiger partial charge is 0.346 e. The van der Waals surface area contributed by atoms with Gasteiger partial charge in [0, 0.05) is 35.9 Å². The first-order valence-corrected chi connectivity index (χ1v) is 13.0. The molecule has 6 rings (SSSR count). The van der Waals surface area contributed by atoms with E-state index < -0.39 is 0 Å². The summed E-state index contributed by atoms with van der Waals surface area (Å²) < 4.78 is 1.47. The van der Waals surface area contributed by atoms with Crippen LogP contribution in [0.2, 0.25) is 0 Å². The number of rotatable bonds is 4. The number of amides is 2. The third kappa shape index (κ3) is 4.00. The van der Waals surface area contributed by atoms with Crippen molar-refractivity contribution >= 4 is 49.5 Å². The normalized spacial score (nSPS) is 21.4. The van der Waals surface area contributed by atoms with Gasteiger partial charge in [0.15, 0.2) is 0 Å². The molecule has 0 aliphatic carbocycles. The molecule has 161 valence electrons. The molecule has 5 nitrogen and oxygen atoms in total. The van der Waals surface area contributed by atoms with Crippen LogP contribution in [0, 0.1) is 0 Å². The number of thiophene rings is 2. The fraction of sp³-hybridized carbons (Fsp3) is 0.458. The van der Waals surface area contributed by atoms with Crippen molar-refractivity contribution in [2.24, 2.45) is 0 Å². The van der Waals surface area contributed by atoms with Gasteiger partial charge in [0.05, 0.1) is 15.4 Å². The molecule has 2 aromatic heterocycles. The van der Waals surface area contributed by atoms with Crippen LogP contribution in [0.4, 0.5) is 16.2 Å². The molecule has 3 aromatic rings. The SMILES string of the molecule is O=C1[N]c2cc(C3CCN(C4CCN(Cc5cc6ccsc6s5)CC4)CC3)ccc2N1. The number of nitrogens with one attached hydrogen (secondary N) is 1. The van der Waals surface area contributed by atoms with E-state index in [-0.39, 0.29) is 6.03 Å². The van der Waals surface area contributed by atoms with E-state index in [1.165, 1.54) is 71.7 Å². The fourth-order valence-electron chi connectivity index (χ4n) is 5.41. The summed E-state index contributed by atoms with van der Waals surface area (Å²) in [5, 5.41) is 10.5. The van der Waals surface area contributed by atoms with Crippen molar-refractivity contribution in [3.8, 4) is 0 Å². The molecular weight excluding hydrogens is 424 g/mol. The highest BCUT2D eigenvalue weighted by Crippen LogP contribution is 2.36. The molecule has 1 radical (unpaired) electrons. The quantitative estimate of drug-likeness (QED) is 0.563. The molecule has 2 amide bonds. The van der Waals surface area contributed by atoms with Crippen LogP contribution >= 0.6 is 22.7 Å². The first-order valence-electron chi connectivity index (χ1n) is 11.3. The van der Waals surface area contributed by atoms with Gasteiger partial charge in [0.25, 0.3) is 0 Å². The van der Waals surface area contributed by atoms with Crippen LogP contribution in [0.15, 0.2) is 35.7 Å². The minimum Gasteiger partial charge on any atom is -0.304 e. The lowest BCUT2D eigenvalue weighted by atomic mass is 9.87. The number of benzene rings is 1. The molecule has 0 bridgehead atoms. The number of urea groups is 1. The molecule has 2 saturated heterocycles. The Morgan fingerprint density at radius 1 is 1.03 bits per heavy atom. The van der Waals surface area contributed by atoms with Crippen molar-refractivity contribution in [2.75, 3.05) is 31.5 Å². The number of anilines is 1. The molecule has 31 heavy (non-hydrogen) atoms. The van der Waals surface area contributed by atoms with Crippen molar-refractivity contribution in [2.45, 2.75) is 44.2 Å². The summed E-state index contributed by atoms with van der Waals surface area (Å²) in [6.45, 7) is 5.90. The lowest BCUT2D eigenvalue weighted by Crippen LogP contribution is -2.47. The molecule has 0 unspecified atom stereocenters. The minimum atomic E-state index is -0.243. The Kier molecular flexibility index (Phi) is 5.22. The second-order valence-electron chi connectivity index (χ2n) is 9.01. The van der Waals surface area contributed by atoms with Gasteiger partial charge in [-0.15, -0.1) is 22.7 Å². The van der Waals surface area contributed by atoms with Gasteiger partial charge < -0.3 is 10.2 Å². The van der Waals surface area contributed by atoms with Gasteiger partial charge in [-0.05, 0) is 79.9 Å². The zero-order chi connectivity index (χ0) is 20.8. The lowest BCUT2D eigenvalue weighted by Gasteiger charge is -2.42. The number of carbonyl (C=O) groups is 1. The van der Waals surface area contributed by atoms with Gasteiger partial charge in [-0.1, -0.05) is 6.07 Å². The highest BCUT2D eigenvalue weighted by atomic mass is 32.2. The van der Waals surface area contributed by atoms with Gasteiger partial charge >= 0.3 is 6.03 Å². The van der Waals surface area contributed by atoms with Gasteiger partial charge in [-0.2, -0.15) is 5.32 Å². The summed E-state index contributed by atoms with van der Waals surface area (Å²) in [6.07, 6.45) is 4.98. The standard InChI is InChI=1S/C24H27N4OS2/c29-24-25-21-2-1-17(14-22(21)26-24)16-3-10-28(11-4-16)19-5-8-27(9-6-19)15-20-13-18-7-12-30-23(18)31-20/h1-2,7,12-14,16,19H,3-6,8-11,15H2,(H,25,29). The van der Waals surface area contributed by atoms with E-state index in [2.05, 4.69) is 50.1 Å². The number of hydrogen-bond acceptors (Lipinski definition) is 5. The highest BCUT2D eigenvalue weighted by Gasteiger charge is 2.29. The monoisotopic (exact) mass is 451 g/mol. The van der Waals surface area contributed by atoms with E-state index in [1.54, 1.807) is 0 Å². The molecule has 7 heteroatoms. The van der Waals surface area contributed by atoms with Crippen molar-refractivity contribution in [3.63, 3.8) is 0 Å². The summed E-state index contributed by atoms with van der Waals surface area (Å²) in [6, 6.07) is 11.4. The number of carbonyl (C=O) groups excluding carboxylic acids is 1. The van der Waals surface area contributed by atoms with Gasteiger partial charge in [0.2, 0.25) is 0 Å². The second kappa shape index (κ2) is 8.20. The summed E-state index contributed by atoms with van der Waals surface area (Å²) >= 11 is 3.83. The molecule has 1 N–H and O–H groups in total. The number of hydrogen-bond donors (Lipinski definition) is 1. The molecule has 2 fully saturated rings. The first kappa shape index (κ1) is 19.7. The molecule has 0 spiro atoms. The number of likely N-dealkylation sites (tertiary alicyclic amines) is 2. The summed E-state index contributed by atoms with van der Waals surface area (Å²) in [5.74, 6) is 0.584. The summed E-state index contributed by atoms with van der Waals surface area (Å²) in [7, 11) is 0. The maximum absolute atomic E-state index is 11.5. The molecule has 0 atom stereocenters. The Balaban J connectivity index is 1.00. The molecule has 0 saturated carbocycles. The molecule has 5 heterocycles. The van der Waals surface area contributed by atoms with Crippen LogP contribution in [-0.4, -0.2) is 48.1 Å². The van der Waals surface area contributed by atoms with Crippen LogP contribution in [0.3, 0.4) is 0 Å².